The van der Waals surface area contributed by atoms with Crippen LogP contribution >= 0.6 is 15.9 Å². The molecule has 0 fully saturated rings. The molecule has 0 saturated heterocycles. The van der Waals surface area contributed by atoms with Gasteiger partial charge >= 0.3 is 0 Å². The van der Waals surface area contributed by atoms with Crippen molar-refractivity contribution in [3.63, 3.8) is 0 Å². The number of aromatic nitrogens is 1. The standard InChI is InChI=1S/C15H13BrN2O3/c16-10-3-1-4-11-9(10)7-12(17-11)15(20)18-13(8-19)14-5-2-6-21-14/h1-7,13,17,19H,8H2,(H,18,20). The van der Waals surface area contributed by atoms with Gasteiger partial charge in [0.05, 0.1) is 12.9 Å². The second-order valence-corrected chi connectivity index (χ2v) is 5.46. The first-order chi connectivity index (χ1) is 10.2. The molecule has 0 spiro atoms. The van der Waals surface area contributed by atoms with Crippen LogP contribution in [0.15, 0.2) is 51.6 Å². The lowest BCUT2D eigenvalue weighted by Gasteiger charge is -2.12. The lowest BCUT2D eigenvalue weighted by atomic mass is 10.2. The Morgan fingerprint density at radius 3 is 2.90 bits per heavy atom. The van der Waals surface area contributed by atoms with Gasteiger partial charge in [-0.1, -0.05) is 22.0 Å². The van der Waals surface area contributed by atoms with Gasteiger partial charge in [-0.15, -0.1) is 0 Å². The smallest absolute Gasteiger partial charge is 0.268 e. The van der Waals surface area contributed by atoms with E-state index in [2.05, 4.69) is 26.2 Å². The third-order valence-electron chi connectivity index (χ3n) is 3.23. The highest BCUT2D eigenvalue weighted by Gasteiger charge is 2.18. The summed E-state index contributed by atoms with van der Waals surface area (Å²) < 4.78 is 6.13. The molecule has 1 amide bonds. The van der Waals surface area contributed by atoms with Gasteiger partial charge in [-0.05, 0) is 30.3 Å². The Labute approximate surface area is 129 Å². The molecular weight excluding hydrogens is 336 g/mol. The highest BCUT2D eigenvalue weighted by atomic mass is 79.9. The van der Waals surface area contributed by atoms with Crippen molar-refractivity contribution in [2.24, 2.45) is 0 Å². The Balaban J connectivity index is 1.85. The van der Waals surface area contributed by atoms with E-state index in [1.54, 1.807) is 18.2 Å². The van der Waals surface area contributed by atoms with E-state index in [0.717, 1.165) is 15.4 Å². The Bertz CT molecular complexity index is 764. The molecule has 0 saturated carbocycles. The molecule has 3 N–H and O–H groups in total. The number of aliphatic hydroxyl groups excluding tert-OH is 1. The molecule has 5 nitrogen and oxygen atoms in total. The maximum Gasteiger partial charge on any atom is 0.268 e. The predicted octanol–water partition coefficient (Wildman–Crippen LogP) is 2.99. The molecule has 0 bridgehead atoms. The second-order valence-electron chi connectivity index (χ2n) is 4.61. The lowest BCUT2D eigenvalue weighted by molar-refractivity contribution is 0.0903. The first-order valence-electron chi connectivity index (χ1n) is 6.41. The Morgan fingerprint density at radius 1 is 1.38 bits per heavy atom. The quantitative estimate of drug-likeness (QED) is 0.678. The number of carbonyl (C=O) groups is 1. The summed E-state index contributed by atoms with van der Waals surface area (Å²) >= 11 is 3.45. The zero-order valence-corrected chi connectivity index (χ0v) is 12.6. The number of aromatic amines is 1. The number of amides is 1. The van der Waals surface area contributed by atoms with Crippen molar-refractivity contribution < 1.29 is 14.3 Å². The van der Waals surface area contributed by atoms with Crippen molar-refractivity contribution in [2.75, 3.05) is 6.61 Å². The molecule has 1 aromatic carbocycles. The van der Waals surface area contributed by atoms with Gasteiger partial charge in [0, 0.05) is 15.4 Å². The molecule has 2 aromatic heterocycles. The van der Waals surface area contributed by atoms with Crippen molar-refractivity contribution in [1.29, 1.82) is 0 Å². The van der Waals surface area contributed by atoms with E-state index in [1.165, 1.54) is 6.26 Å². The molecule has 3 aromatic rings. The topological polar surface area (TPSA) is 78.3 Å². The summed E-state index contributed by atoms with van der Waals surface area (Å²) in [5.41, 5.74) is 1.30. The number of fused-ring (bicyclic) bond motifs is 1. The van der Waals surface area contributed by atoms with Crippen LogP contribution in [0.4, 0.5) is 0 Å². The fourth-order valence-corrected chi connectivity index (χ4v) is 2.65. The fraction of sp³-hybridized carbons (Fsp3) is 0.133. The number of furan rings is 1. The third kappa shape index (κ3) is 2.72. The molecule has 108 valence electrons. The van der Waals surface area contributed by atoms with Crippen LogP contribution in [0, 0.1) is 0 Å². The summed E-state index contributed by atoms with van der Waals surface area (Å²) in [6.07, 6.45) is 1.50. The maximum absolute atomic E-state index is 12.3. The maximum atomic E-state index is 12.3. The number of hydrogen-bond donors (Lipinski definition) is 3. The number of rotatable bonds is 4. The van der Waals surface area contributed by atoms with Crippen molar-refractivity contribution in [2.45, 2.75) is 6.04 Å². The van der Waals surface area contributed by atoms with Gasteiger partial charge in [0.2, 0.25) is 0 Å². The summed E-state index contributed by atoms with van der Waals surface area (Å²) in [5, 5.41) is 13.1. The van der Waals surface area contributed by atoms with Crippen LogP contribution in [0.25, 0.3) is 10.9 Å². The van der Waals surface area contributed by atoms with E-state index in [4.69, 9.17) is 4.42 Å². The molecule has 6 heteroatoms. The summed E-state index contributed by atoms with van der Waals surface area (Å²) in [6, 6.07) is 10.3. The van der Waals surface area contributed by atoms with Crippen LogP contribution in [0.1, 0.15) is 22.3 Å². The van der Waals surface area contributed by atoms with E-state index >= 15 is 0 Å². The zero-order valence-electron chi connectivity index (χ0n) is 11.0. The number of nitrogens with one attached hydrogen (secondary N) is 2. The van der Waals surface area contributed by atoms with Crippen LogP contribution in [0.3, 0.4) is 0 Å². The number of benzene rings is 1. The second kappa shape index (κ2) is 5.75. The summed E-state index contributed by atoms with van der Waals surface area (Å²) in [7, 11) is 0. The fourth-order valence-electron chi connectivity index (χ4n) is 2.17. The van der Waals surface area contributed by atoms with E-state index in [9.17, 15) is 9.90 Å². The molecule has 0 radical (unpaired) electrons. The number of carbonyl (C=O) groups excluding carboxylic acids is 1. The third-order valence-corrected chi connectivity index (χ3v) is 3.92. The predicted molar refractivity (Wildman–Crippen MR) is 82.0 cm³/mol. The van der Waals surface area contributed by atoms with Gasteiger partial charge in [0.15, 0.2) is 0 Å². The molecule has 21 heavy (non-hydrogen) atoms. The normalized spacial score (nSPS) is 12.5. The van der Waals surface area contributed by atoms with Crippen molar-refractivity contribution in [1.82, 2.24) is 10.3 Å². The zero-order chi connectivity index (χ0) is 14.8. The minimum atomic E-state index is -0.567. The highest BCUT2D eigenvalue weighted by molar-refractivity contribution is 9.10. The van der Waals surface area contributed by atoms with Crippen molar-refractivity contribution in [3.8, 4) is 0 Å². The van der Waals surface area contributed by atoms with Gasteiger partial charge in [-0.25, -0.2) is 0 Å². The number of aliphatic hydroxyl groups is 1. The molecule has 2 heterocycles. The Kier molecular flexibility index (Phi) is 3.81. The van der Waals surface area contributed by atoms with E-state index in [0.29, 0.717) is 11.5 Å². The van der Waals surface area contributed by atoms with Crippen molar-refractivity contribution >= 4 is 32.7 Å². The van der Waals surface area contributed by atoms with Crippen LogP contribution in [0.2, 0.25) is 0 Å². The molecular formula is C15H13BrN2O3. The SMILES string of the molecule is O=C(NC(CO)c1ccco1)c1cc2c(Br)cccc2[nH]1. The van der Waals surface area contributed by atoms with Crippen LogP contribution in [0.5, 0.6) is 0 Å². The molecule has 1 atom stereocenters. The minimum Gasteiger partial charge on any atom is -0.467 e. The molecule has 3 rings (SSSR count). The van der Waals surface area contributed by atoms with E-state index < -0.39 is 6.04 Å². The monoisotopic (exact) mass is 348 g/mol. The average molecular weight is 349 g/mol. The first kappa shape index (κ1) is 13.9. The van der Waals surface area contributed by atoms with Gasteiger partial charge < -0.3 is 19.8 Å². The number of H-pyrrole nitrogens is 1. The highest BCUT2D eigenvalue weighted by Crippen LogP contribution is 2.24. The van der Waals surface area contributed by atoms with Gasteiger partial charge in [0.1, 0.15) is 17.5 Å². The molecule has 0 aliphatic rings. The summed E-state index contributed by atoms with van der Waals surface area (Å²) in [6.45, 7) is -0.233. The largest absolute Gasteiger partial charge is 0.467 e. The van der Waals surface area contributed by atoms with Crippen LogP contribution < -0.4 is 5.32 Å². The Morgan fingerprint density at radius 2 is 2.24 bits per heavy atom. The van der Waals surface area contributed by atoms with Crippen LogP contribution in [-0.4, -0.2) is 22.6 Å². The Hall–Kier alpha value is -2.05. The first-order valence-corrected chi connectivity index (χ1v) is 7.20. The van der Waals surface area contributed by atoms with Crippen molar-refractivity contribution in [3.05, 3.63) is 58.6 Å². The lowest BCUT2D eigenvalue weighted by Crippen LogP contribution is -2.30. The summed E-state index contributed by atoms with van der Waals surface area (Å²) in [5.74, 6) is 0.219. The average Bonchev–Trinajstić information content (AvgIpc) is 3.14. The van der Waals surface area contributed by atoms with E-state index in [-0.39, 0.29) is 12.5 Å². The molecule has 0 aliphatic carbocycles. The van der Waals surface area contributed by atoms with Gasteiger partial charge in [-0.2, -0.15) is 0 Å². The number of halogens is 1. The molecule has 0 aliphatic heterocycles. The minimum absolute atomic E-state index is 0.233. The summed E-state index contributed by atoms with van der Waals surface area (Å²) in [4.78, 5) is 15.3. The van der Waals surface area contributed by atoms with E-state index in [1.807, 2.05) is 18.2 Å². The van der Waals surface area contributed by atoms with Crippen LogP contribution in [-0.2, 0) is 0 Å². The van der Waals surface area contributed by atoms with Gasteiger partial charge in [-0.3, -0.25) is 4.79 Å². The molecule has 1 unspecified atom stereocenters. The number of hydrogen-bond acceptors (Lipinski definition) is 3. The van der Waals surface area contributed by atoms with Gasteiger partial charge in [0.25, 0.3) is 5.91 Å².